The van der Waals surface area contributed by atoms with Crippen LogP contribution in [0.25, 0.3) is 0 Å². The molecule has 1 aliphatic rings. The number of carboxylic acids is 1. The first-order chi connectivity index (χ1) is 10.3. The van der Waals surface area contributed by atoms with Gasteiger partial charge in [-0.25, -0.2) is 8.42 Å². The zero-order valence-corrected chi connectivity index (χ0v) is 13.7. The van der Waals surface area contributed by atoms with Crippen LogP contribution in [0.4, 0.5) is 0 Å². The van der Waals surface area contributed by atoms with Crippen molar-refractivity contribution in [2.45, 2.75) is 32.0 Å². The molecule has 1 fully saturated rings. The van der Waals surface area contributed by atoms with Crippen LogP contribution in [0.5, 0.6) is 0 Å². The van der Waals surface area contributed by atoms with Gasteiger partial charge in [0.25, 0.3) is 0 Å². The molecule has 0 spiro atoms. The van der Waals surface area contributed by atoms with Gasteiger partial charge in [0.05, 0.1) is 12.7 Å². The predicted molar refractivity (Wildman–Crippen MR) is 83.9 cm³/mol. The molecular weight excluding hydrogens is 304 g/mol. The van der Waals surface area contributed by atoms with Gasteiger partial charge in [-0.15, -0.1) is 0 Å². The minimum Gasteiger partial charge on any atom is -0.481 e. The third-order valence-corrected chi connectivity index (χ3v) is 5.32. The first kappa shape index (κ1) is 16.9. The van der Waals surface area contributed by atoms with Gasteiger partial charge < -0.3 is 5.11 Å². The van der Waals surface area contributed by atoms with Crippen LogP contribution in [0, 0.1) is 0 Å². The van der Waals surface area contributed by atoms with E-state index in [1.807, 2.05) is 37.3 Å². The lowest BCUT2D eigenvalue weighted by Gasteiger charge is -2.43. The van der Waals surface area contributed by atoms with Gasteiger partial charge in [0.1, 0.15) is 0 Å². The van der Waals surface area contributed by atoms with Gasteiger partial charge in [-0.3, -0.25) is 9.69 Å². The van der Waals surface area contributed by atoms with Gasteiger partial charge in [-0.05, 0) is 12.5 Å². The molecule has 0 bridgehead atoms. The maximum absolute atomic E-state index is 11.9. The smallest absolute Gasteiger partial charge is 0.304 e. The van der Waals surface area contributed by atoms with E-state index in [0.29, 0.717) is 13.1 Å². The maximum atomic E-state index is 11.9. The van der Waals surface area contributed by atoms with Crippen LogP contribution < -0.4 is 0 Å². The highest BCUT2D eigenvalue weighted by Gasteiger charge is 2.36. The van der Waals surface area contributed by atoms with E-state index in [-0.39, 0.29) is 25.0 Å². The highest BCUT2D eigenvalue weighted by Crippen LogP contribution is 2.22. The van der Waals surface area contributed by atoms with Gasteiger partial charge in [0.15, 0.2) is 0 Å². The summed E-state index contributed by atoms with van der Waals surface area (Å²) in [7, 11) is -3.33. The van der Waals surface area contributed by atoms with E-state index in [1.165, 1.54) is 10.6 Å². The Morgan fingerprint density at radius 1 is 1.27 bits per heavy atom. The van der Waals surface area contributed by atoms with Crippen LogP contribution >= 0.6 is 0 Å². The molecule has 1 saturated heterocycles. The number of carbonyl (C=O) groups is 1. The molecule has 6 nitrogen and oxygen atoms in total. The number of hydrogen-bond donors (Lipinski definition) is 1. The molecule has 0 radical (unpaired) electrons. The summed E-state index contributed by atoms with van der Waals surface area (Å²) in [6.07, 6.45) is 1.11. The summed E-state index contributed by atoms with van der Waals surface area (Å²) in [5.74, 6) is -0.911. The lowest BCUT2D eigenvalue weighted by atomic mass is 10.1. The highest BCUT2D eigenvalue weighted by atomic mass is 32.2. The summed E-state index contributed by atoms with van der Waals surface area (Å²) in [5.41, 5.74) is 1.10. The molecule has 1 aromatic rings. The summed E-state index contributed by atoms with van der Waals surface area (Å²) in [6.45, 7) is 3.23. The van der Waals surface area contributed by atoms with Gasteiger partial charge in [0.2, 0.25) is 10.0 Å². The van der Waals surface area contributed by atoms with Crippen molar-refractivity contribution in [2.24, 2.45) is 0 Å². The average Bonchev–Trinajstić information content (AvgIpc) is 2.41. The number of nitrogens with zero attached hydrogens (tertiary/aromatic N) is 2. The van der Waals surface area contributed by atoms with Crippen molar-refractivity contribution in [3.8, 4) is 0 Å². The van der Waals surface area contributed by atoms with Gasteiger partial charge in [-0.1, -0.05) is 30.3 Å². The number of carboxylic acid groups (broad SMARTS) is 1. The van der Waals surface area contributed by atoms with E-state index in [4.69, 9.17) is 5.11 Å². The monoisotopic (exact) mass is 326 g/mol. The Bertz CT molecular complexity index is 618. The van der Waals surface area contributed by atoms with Crippen molar-refractivity contribution < 1.29 is 18.3 Å². The SMILES string of the molecule is C[C@@H]1CN(Cc2ccccc2)[C@@H](CC(=O)O)CN1S(C)(=O)=O. The first-order valence-electron chi connectivity index (χ1n) is 7.24. The fraction of sp³-hybridized carbons (Fsp3) is 0.533. The Kier molecular flexibility index (Phi) is 5.20. The quantitative estimate of drug-likeness (QED) is 0.873. The Morgan fingerprint density at radius 2 is 1.91 bits per heavy atom. The summed E-state index contributed by atoms with van der Waals surface area (Å²) in [5, 5.41) is 9.11. The van der Waals surface area contributed by atoms with E-state index >= 15 is 0 Å². The first-order valence-corrected chi connectivity index (χ1v) is 9.09. The molecule has 0 saturated carbocycles. The van der Waals surface area contributed by atoms with Gasteiger partial charge in [0, 0.05) is 31.7 Å². The Balaban J connectivity index is 2.18. The maximum Gasteiger partial charge on any atom is 0.304 e. The van der Waals surface area contributed by atoms with Crippen molar-refractivity contribution >= 4 is 16.0 Å². The second kappa shape index (κ2) is 6.76. The largest absolute Gasteiger partial charge is 0.481 e. The third-order valence-electron chi connectivity index (χ3n) is 3.96. The molecule has 2 rings (SSSR count). The van der Waals surface area contributed by atoms with E-state index in [0.717, 1.165) is 5.56 Å². The van der Waals surface area contributed by atoms with Gasteiger partial charge >= 0.3 is 5.97 Å². The number of rotatable bonds is 5. The van der Waals surface area contributed by atoms with E-state index < -0.39 is 16.0 Å². The topological polar surface area (TPSA) is 77.9 Å². The molecule has 122 valence electrons. The molecule has 22 heavy (non-hydrogen) atoms. The summed E-state index contributed by atoms with van der Waals surface area (Å²) < 4.78 is 25.1. The van der Waals surface area contributed by atoms with Crippen molar-refractivity contribution in [3.05, 3.63) is 35.9 Å². The third kappa shape index (κ3) is 4.28. The zero-order chi connectivity index (χ0) is 16.3. The molecule has 0 unspecified atom stereocenters. The van der Waals surface area contributed by atoms with Crippen LogP contribution in [0.1, 0.15) is 18.9 Å². The molecule has 2 atom stereocenters. The number of sulfonamides is 1. The fourth-order valence-corrected chi connectivity index (χ4v) is 4.11. The minimum atomic E-state index is -3.33. The van der Waals surface area contributed by atoms with Crippen molar-refractivity contribution in [1.82, 2.24) is 9.21 Å². The van der Waals surface area contributed by atoms with Crippen LogP contribution in [-0.2, 0) is 21.4 Å². The molecule has 0 aromatic heterocycles. The molecule has 1 aromatic carbocycles. The average molecular weight is 326 g/mol. The molecular formula is C15H22N2O4S. The lowest BCUT2D eigenvalue weighted by molar-refractivity contribution is -0.139. The van der Waals surface area contributed by atoms with Crippen LogP contribution in [0.3, 0.4) is 0 Å². The van der Waals surface area contributed by atoms with Crippen LogP contribution in [-0.4, -0.2) is 60.1 Å². The molecule has 7 heteroatoms. The lowest BCUT2D eigenvalue weighted by Crippen LogP contribution is -2.58. The predicted octanol–water partition coefficient (Wildman–Crippen LogP) is 0.996. The van der Waals surface area contributed by atoms with Gasteiger partial charge in [-0.2, -0.15) is 4.31 Å². The number of benzene rings is 1. The molecule has 0 amide bonds. The summed E-state index contributed by atoms with van der Waals surface area (Å²) in [6, 6.07) is 9.32. The minimum absolute atomic E-state index is 0.0639. The van der Waals surface area contributed by atoms with Crippen molar-refractivity contribution in [2.75, 3.05) is 19.3 Å². The highest BCUT2D eigenvalue weighted by molar-refractivity contribution is 7.88. The van der Waals surface area contributed by atoms with Crippen molar-refractivity contribution in [1.29, 1.82) is 0 Å². The second-order valence-corrected chi connectivity index (χ2v) is 7.78. The Morgan fingerprint density at radius 3 is 2.45 bits per heavy atom. The summed E-state index contributed by atoms with van der Waals surface area (Å²) in [4.78, 5) is 13.2. The van der Waals surface area contributed by atoms with E-state index in [9.17, 15) is 13.2 Å². The van der Waals surface area contributed by atoms with E-state index in [2.05, 4.69) is 4.90 Å². The molecule has 1 heterocycles. The Labute approximate surface area is 131 Å². The fourth-order valence-electron chi connectivity index (χ4n) is 2.95. The molecule has 0 aliphatic carbocycles. The number of hydrogen-bond acceptors (Lipinski definition) is 4. The Hall–Kier alpha value is -1.44. The van der Waals surface area contributed by atoms with Crippen LogP contribution in [0.2, 0.25) is 0 Å². The molecule has 1 aliphatic heterocycles. The standard InChI is InChI=1S/C15H22N2O4S/c1-12-9-16(10-13-6-4-3-5-7-13)14(8-15(18)19)11-17(12)22(2,20)21/h3-7,12,14H,8-11H2,1-2H3,(H,18,19)/t12-,14+/m1/s1. The van der Waals surface area contributed by atoms with Crippen molar-refractivity contribution in [3.63, 3.8) is 0 Å². The normalized spacial score (nSPS) is 24.3. The second-order valence-electron chi connectivity index (χ2n) is 5.85. The number of piperazine rings is 1. The zero-order valence-electron chi connectivity index (χ0n) is 12.8. The van der Waals surface area contributed by atoms with Crippen LogP contribution in [0.15, 0.2) is 30.3 Å². The van der Waals surface area contributed by atoms with E-state index in [1.54, 1.807) is 0 Å². The molecule has 1 N–H and O–H groups in total. The summed E-state index contributed by atoms with van der Waals surface area (Å²) >= 11 is 0. The number of aliphatic carboxylic acids is 1.